The van der Waals surface area contributed by atoms with E-state index < -0.39 is 11.7 Å². The number of nitrogens with one attached hydrogen (secondary N) is 1. The molecule has 2 aromatic rings. The van der Waals surface area contributed by atoms with Crippen molar-refractivity contribution in [2.45, 2.75) is 26.3 Å². The lowest BCUT2D eigenvalue weighted by molar-refractivity contribution is -0.117. The topological polar surface area (TPSA) is 64.0 Å². The first-order chi connectivity index (χ1) is 10.5. The minimum atomic E-state index is -0.587. The van der Waals surface area contributed by atoms with Crippen LogP contribution in [0.25, 0.3) is 0 Å². The van der Waals surface area contributed by atoms with Crippen LogP contribution >= 0.6 is 0 Å². The molecule has 0 aliphatic heterocycles. The largest absolute Gasteiger partial charge is 0.348 e. The SMILES string of the molecule is CC(C)C[C@@H](NC(=O)C(=O)c1cccn1C)c1cccnc1. The number of hydrogen-bond acceptors (Lipinski definition) is 3. The third-order valence-electron chi connectivity index (χ3n) is 3.48. The summed E-state index contributed by atoms with van der Waals surface area (Å²) in [7, 11) is 1.74. The molecule has 2 heterocycles. The first-order valence-corrected chi connectivity index (χ1v) is 7.35. The van der Waals surface area contributed by atoms with Crippen molar-refractivity contribution >= 4 is 11.7 Å². The van der Waals surface area contributed by atoms with Crippen molar-refractivity contribution in [1.29, 1.82) is 0 Å². The minimum absolute atomic E-state index is 0.217. The summed E-state index contributed by atoms with van der Waals surface area (Å²) in [4.78, 5) is 28.6. The highest BCUT2D eigenvalue weighted by Gasteiger charge is 2.23. The predicted molar refractivity (Wildman–Crippen MR) is 84.3 cm³/mol. The fraction of sp³-hybridized carbons (Fsp3) is 0.353. The number of amides is 1. The summed E-state index contributed by atoms with van der Waals surface area (Å²) in [6, 6.07) is 6.91. The molecule has 2 rings (SSSR count). The molecule has 0 saturated carbocycles. The molecule has 0 aliphatic rings. The highest BCUT2D eigenvalue weighted by atomic mass is 16.2. The van der Waals surface area contributed by atoms with Gasteiger partial charge in [-0.05, 0) is 36.1 Å². The molecule has 1 atom stereocenters. The van der Waals surface area contributed by atoms with E-state index in [2.05, 4.69) is 24.1 Å². The van der Waals surface area contributed by atoms with Crippen LogP contribution in [0.2, 0.25) is 0 Å². The molecule has 0 fully saturated rings. The second-order valence-corrected chi connectivity index (χ2v) is 5.78. The fourth-order valence-corrected chi connectivity index (χ4v) is 2.37. The van der Waals surface area contributed by atoms with Crippen LogP contribution in [0.3, 0.4) is 0 Å². The molecule has 0 aliphatic carbocycles. The summed E-state index contributed by atoms with van der Waals surface area (Å²) in [6.45, 7) is 4.16. The van der Waals surface area contributed by atoms with E-state index in [9.17, 15) is 9.59 Å². The smallest absolute Gasteiger partial charge is 0.294 e. The van der Waals surface area contributed by atoms with Crippen LogP contribution < -0.4 is 5.32 Å². The first kappa shape index (κ1) is 15.9. The van der Waals surface area contributed by atoms with E-state index in [0.29, 0.717) is 11.6 Å². The van der Waals surface area contributed by atoms with Gasteiger partial charge in [0, 0.05) is 25.6 Å². The van der Waals surface area contributed by atoms with Gasteiger partial charge in [0.25, 0.3) is 11.7 Å². The zero-order valence-corrected chi connectivity index (χ0v) is 13.1. The Balaban J connectivity index is 2.15. The maximum atomic E-state index is 12.3. The molecule has 5 heteroatoms. The summed E-state index contributed by atoms with van der Waals surface area (Å²) in [6.07, 6.45) is 5.90. The molecule has 1 amide bonds. The van der Waals surface area contributed by atoms with Crippen LogP contribution in [0, 0.1) is 5.92 Å². The fourth-order valence-electron chi connectivity index (χ4n) is 2.37. The van der Waals surface area contributed by atoms with Gasteiger partial charge in [0.05, 0.1) is 11.7 Å². The second kappa shape index (κ2) is 7.02. The maximum Gasteiger partial charge on any atom is 0.294 e. The Morgan fingerprint density at radius 1 is 1.27 bits per heavy atom. The lowest BCUT2D eigenvalue weighted by atomic mass is 9.98. The van der Waals surface area contributed by atoms with E-state index in [0.717, 1.165) is 12.0 Å². The van der Waals surface area contributed by atoms with Crippen LogP contribution in [0.1, 0.15) is 42.4 Å². The van der Waals surface area contributed by atoms with Crippen molar-refractivity contribution in [1.82, 2.24) is 14.9 Å². The number of nitrogens with zero attached hydrogens (tertiary/aromatic N) is 2. The number of pyridine rings is 1. The molecular weight excluding hydrogens is 278 g/mol. The van der Waals surface area contributed by atoms with E-state index in [4.69, 9.17) is 0 Å². The molecule has 1 N–H and O–H groups in total. The van der Waals surface area contributed by atoms with Gasteiger partial charge in [-0.1, -0.05) is 19.9 Å². The standard InChI is InChI=1S/C17H21N3O2/c1-12(2)10-14(13-6-4-8-18-11-13)19-17(22)16(21)15-7-5-9-20(15)3/h4-9,11-12,14H,10H2,1-3H3,(H,19,22)/t14-/m1/s1. The van der Waals surface area contributed by atoms with Crippen molar-refractivity contribution in [2.24, 2.45) is 13.0 Å². The number of carbonyl (C=O) groups excluding carboxylic acids is 2. The molecule has 0 aromatic carbocycles. The highest BCUT2D eigenvalue weighted by Crippen LogP contribution is 2.20. The quantitative estimate of drug-likeness (QED) is 0.658. The summed E-state index contributed by atoms with van der Waals surface area (Å²) < 4.78 is 1.64. The zero-order valence-electron chi connectivity index (χ0n) is 13.1. The number of ketones is 1. The van der Waals surface area contributed by atoms with E-state index in [-0.39, 0.29) is 6.04 Å². The molecule has 5 nitrogen and oxygen atoms in total. The number of Topliss-reactive ketones (excluding diaryl/α,β-unsaturated/α-hetero) is 1. The van der Waals surface area contributed by atoms with Crippen molar-refractivity contribution < 1.29 is 9.59 Å². The lowest BCUT2D eigenvalue weighted by Gasteiger charge is -2.20. The van der Waals surface area contributed by atoms with E-state index >= 15 is 0 Å². The maximum absolute atomic E-state index is 12.3. The van der Waals surface area contributed by atoms with Crippen molar-refractivity contribution in [3.05, 3.63) is 54.1 Å². The number of aromatic nitrogens is 2. The molecule has 0 radical (unpaired) electrons. The number of rotatable bonds is 6. The number of aryl methyl sites for hydroxylation is 1. The van der Waals surface area contributed by atoms with E-state index in [1.165, 1.54) is 0 Å². The molecule has 0 unspecified atom stereocenters. The van der Waals surface area contributed by atoms with Gasteiger partial charge in [0.2, 0.25) is 0 Å². The van der Waals surface area contributed by atoms with Crippen LogP contribution in [0.15, 0.2) is 42.9 Å². The van der Waals surface area contributed by atoms with Gasteiger partial charge in [0.1, 0.15) is 0 Å². The molecule has 2 aromatic heterocycles. The molecule has 116 valence electrons. The van der Waals surface area contributed by atoms with Gasteiger partial charge in [-0.2, -0.15) is 0 Å². The summed E-state index contributed by atoms with van der Waals surface area (Å²) in [5, 5.41) is 2.84. The lowest BCUT2D eigenvalue weighted by Crippen LogP contribution is -2.35. The summed E-state index contributed by atoms with van der Waals surface area (Å²) in [5.74, 6) is -0.725. The Bertz CT molecular complexity index is 647. The summed E-state index contributed by atoms with van der Waals surface area (Å²) >= 11 is 0. The monoisotopic (exact) mass is 299 g/mol. The highest BCUT2D eigenvalue weighted by molar-refractivity contribution is 6.42. The predicted octanol–water partition coefficient (Wildman–Crippen LogP) is 2.51. The molecule has 0 saturated heterocycles. The zero-order chi connectivity index (χ0) is 16.1. The van der Waals surface area contributed by atoms with Crippen molar-refractivity contribution in [3.63, 3.8) is 0 Å². The minimum Gasteiger partial charge on any atom is -0.348 e. The van der Waals surface area contributed by atoms with Crippen molar-refractivity contribution in [2.75, 3.05) is 0 Å². The van der Waals surface area contributed by atoms with E-state index in [1.54, 1.807) is 42.3 Å². The Labute approximate surface area is 130 Å². The Morgan fingerprint density at radius 3 is 2.59 bits per heavy atom. The van der Waals surface area contributed by atoms with E-state index in [1.807, 2.05) is 12.1 Å². The van der Waals surface area contributed by atoms with Crippen LogP contribution in [0.4, 0.5) is 0 Å². The Hall–Kier alpha value is -2.43. The van der Waals surface area contributed by atoms with Crippen LogP contribution in [0.5, 0.6) is 0 Å². The van der Waals surface area contributed by atoms with Gasteiger partial charge in [0.15, 0.2) is 0 Å². The normalized spacial score (nSPS) is 12.2. The van der Waals surface area contributed by atoms with Gasteiger partial charge in [-0.15, -0.1) is 0 Å². The van der Waals surface area contributed by atoms with Crippen LogP contribution in [-0.4, -0.2) is 21.2 Å². The molecular formula is C17H21N3O2. The molecule has 22 heavy (non-hydrogen) atoms. The Kier molecular flexibility index (Phi) is 5.09. The number of carbonyl (C=O) groups is 2. The number of hydrogen-bond donors (Lipinski definition) is 1. The van der Waals surface area contributed by atoms with Gasteiger partial charge in [-0.25, -0.2) is 0 Å². The first-order valence-electron chi connectivity index (χ1n) is 7.35. The third-order valence-corrected chi connectivity index (χ3v) is 3.48. The average Bonchev–Trinajstić information content (AvgIpc) is 2.92. The second-order valence-electron chi connectivity index (χ2n) is 5.78. The Morgan fingerprint density at radius 2 is 2.05 bits per heavy atom. The van der Waals surface area contributed by atoms with Crippen LogP contribution in [-0.2, 0) is 11.8 Å². The van der Waals surface area contributed by atoms with Gasteiger partial charge in [-0.3, -0.25) is 14.6 Å². The molecule has 0 spiro atoms. The third kappa shape index (κ3) is 3.81. The summed E-state index contributed by atoms with van der Waals surface area (Å²) in [5.41, 5.74) is 1.29. The average molecular weight is 299 g/mol. The molecule has 0 bridgehead atoms. The van der Waals surface area contributed by atoms with Gasteiger partial charge < -0.3 is 9.88 Å². The van der Waals surface area contributed by atoms with Crippen molar-refractivity contribution in [3.8, 4) is 0 Å². The van der Waals surface area contributed by atoms with Gasteiger partial charge >= 0.3 is 0 Å².